The van der Waals surface area contributed by atoms with Crippen LogP contribution in [0.3, 0.4) is 0 Å². The molecule has 2 aliphatic rings. The minimum Gasteiger partial charge on any atom is -0.463 e. The molecule has 2 aliphatic heterocycles. The van der Waals surface area contributed by atoms with Crippen LogP contribution in [0.4, 0.5) is 18.9 Å². The Bertz CT molecular complexity index is 1470. The van der Waals surface area contributed by atoms with Gasteiger partial charge in [0.1, 0.15) is 0 Å². The second kappa shape index (κ2) is 13.2. The first-order valence-corrected chi connectivity index (χ1v) is 14.2. The molecule has 0 aromatic heterocycles. The number of allylic oxidation sites excluding steroid dienone is 2. The van der Waals surface area contributed by atoms with Crippen molar-refractivity contribution in [1.29, 1.82) is 0 Å². The van der Waals surface area contributed by atoms with Gasteiger partial charge in [0.25, 0.3) is 5.69 Å². The predicted molar refractivity (Wildman–Crippen MR) is 155 cm³/mol. The number of hydrazine groups is 1. The van der Waals surface area contributed by atoms with Gasteiger partial charge in [-0.05, 0) is 57.9 Å². The Morgan fingerprint density at radius 1 is 1.00 bits per heavy atom. The first kappa shape index (κ1) is 32.7. The molecule has 2 unspecified atom stereocenters. The Morgan fingerprint density at radius 3 is 2.09 bits per heavy atom. The summed E-state index contributed by atoms with van der Waals surface area (Å²) in [6, 6.07) is 10.1. The molecule has 13 heteroatoms. The van der Waals surface area contributed by atoms with Crippen LogP contribution in [-0.2, 0) is 25.2 Å². The minimum absolute atomic E-state index is 0.0544. The van der Waals surface area contributed by atoms with Crippen LogP contribution >= 0.6 is 0 Å². The third-order valence-electron chi connectivity index (χ3n) is 7.58. The van der Waals surface area contributed by atoms with Crippen LogP contribution in [0.25, 0.3) is 0 Å². The zero-order valence-corrected chi connectivity index (χ0v) is 25.1. The third kappa shape index (κ3) is 6.63. The Morgan fingerprint density at radius 2 is 1.57 bits per heavy atom. The van der Waals surface area contributed by atoms with E-state index in [4.69, 9.17) is 9.47 Å². The first-order chi connectivity index (χ1) is 20.8. The van der Waals surface area contributed by atoms with Gasteiger partial charge in [-0.1, -0.05) is 24.3 Å². The highest BCUT2D eigenvalue weighted by Gasteiger charge is 2.44. The van der Waals surface area contributed by atoms with Crippen molar-refractivity contribution in [2.24, 2.45) is 0 Å². The van der Waals surface area contributed by atoms with Crippen LogP contribution in [0.2, 0.25) is 0 Å². The molecule has 2 heterocycles. The summed E-state index contributed by atoms with van der Waals surface area (Å²) in [7, 11) is 0. The highest BCUT2D eigenvalue weighted by atomic mass is 19.4. The summed E-state index contributed by atoms with van der Waals surface area (Å²) in [5, 5.41) is 18.3. The zero-order chi connectivity index (χ0) is 32.3. The fourth-order valence-electron chi connectivity index (χ4n) is 5.68. The smallest absolute Gasteiger partial charge is 0.416 e. The van der Waals surface area contributed by atoms with Crippen LogP contribution in [0.15, 0.2) is 71.1 Å². The van der Waals surface area contributed by atoms with Gasteiger partial charge in [-0.3, -0.25) is 15.1 Å². The molecule has 44 heavy (non-hydrogen) atoms. The Hall–Kier alpha value is -4.23. The summed E-state index contributed by atoms with van der Waals surface area (Å²) >= 11 is 0. The van der Waals surface area contributed by atoms with Gasteiger partial charge in [-0.15, -0.1) is 0 Å². The molecule has 1 fully saturated rings. The molecule has 2 aromatic carbocycles. The van der Waals surface area contributed by atoms with Crippen LogP contribution in [0, 0.1) is 10.1 Å². The van der Waals surface area contributed by atoms with E-state index in [9.17, 15) is 32.9 Å². The van der Waals surface area contributed by atoms with Crippen molar-refractivity contribution in [3.05, 3.63) is 97.9 Å². The molecule has 1 saturated heterocycles. The maximum Gasteiger partial charge on any atom is 0.416 e. The highest BCUT2D eigenvalue weighted by molar-refractivity contribution is 6.00. The van der Waals surface area contributed by atoms with E-state index in [1.807, 2.05) is 5.01 Å². The number of rotatable bonds is 8. The van der Waals surface area contributed by atoms with Crippen LogP contribution in [0.1, 0.15) is 63.3 Å². The van der Waals surface area contributed by atoms with Crippen molar-refractivity contribution in [2.45, 2.75) is 58.9 Å². The SMILES string of the molecule is CCOC(=O)C1=C(C)N(N2CCNCC2c2ccc(C(F)(F)F)cc2)C(C)=C(C(=O)OC(C)C)C1c1ccc([N+](=O)[O-])cc1. The number of non-ortho nitro benzene ring substituents is 1. The summed E-state index contributed by atoms with van der Waals surface area (Å²) in [5.41, 5.74) is 1.32. The number of benzene rings is 2. The molecule has 2 atom stereocenters. The largest absolute Gasteiger partial charge is 0.463 e. The van der Waals surface area contributed by atoms with Crippen molar-refractivity contribution in [2.75, 3.05) is 26.2 Å². The molecule has 0 saturated carbocycles. The van der Waals surface area contributed by atoms with Crippen LogP contribution < -0.4 is 5.32 Å². The predicted octanol–water partition coefficient (Wildman–Crippen LogP) is 5.64. The molecule has 2 aromatic rings. The minimum atomic E-state index is -4.48. The van der Waals surface area contributed by atoms with Gasteiger partial charge in [0.15, 0.2) is 0 Å². The van der Waals surface area contributed by atoms with Crippen LogP contribution in [-0.4, -0.2) is 59.2 Å². The lowest BCUT2D eigenvalue weighted by Gasteiger charge is -2.48. The maximum atomic E-state index is 13.8. The fourth-order valence-corrected chi connectivity index (χ4v) is 5.68. The maximum absolute atomic E-state index is 13.8. The zero-order valence-electron chi connectivity index (χ0n) is 25.1. The third-order valence-corrected chi connectivity index (χ3v) is 7.58. The summed E-state index contributed by atoms with van der Waals surface area (Å²) in [6.07, 6.45) is -4.98. The number of esters is 2. The van der Waals surface area contributed by atoms with Crippen LogP contribution in [0.5, 0.6) is 0 Å². The van der Waals surface area contributed by atoms with Crippen molar-refractivity contribution < 1.29 is 37.2 Å². The summed E-state index contributed by atoms with van der Waals surface area (Å²) < 4.78 is 51.0. The molecule has 0 radical (unpaired) electrons. The second-order valence-corrected chi connectivity index (χ2v) is 10.8. The number of halogens is 3. The summed E-state index contributed by atoms with van der Waals surface area (Å²) in [6.45, 7) is 9.83. The lowest BCUT2D eigenvalue weighted by atomic mass is 9.80. The van der Waals surface area contributed by atoms with E-state index in [-0.39, 0.29) is 23.4 Å². The first-order valence-electron chi connectivity index (χ1n) is 14.2. The molecular weight excluding hydrogens is 581 g/mol. The number of nitrogens with zero attached hydrogens (tertiary/aromatic N) is 3. The molecule has 0 bridgehead atoms. The molecule has 236 valence electrons. The quantitative estimate of drug-likeness (QED) is 0.229. The lowest BCUT2D eigenvalue weighted by molar-refractivity contribution is -0.384. The number of carbonyl (C=O) groups is 2. The lowest BCUT2D eigenvalue weighted by Crippen LogP contribution is -2.54. The number of ether oxygens (including phenoxy) is 2. The highest BCUT2D eigenvalue weighted by Crippen LogP contribution is 2.45. The molecule has 1 N–H and O–H groups in total. The van der Waals surface area contributed by atoms with E-state index in [0.29, 0.717) is 42.2 Å². The standard InChI is InChI=1S/C31H35F3N4O6/c1-6-43-29(39)26-19(4)37(36-16-15-35-17-25(36)21-7-11-23(12-8-21)31(32,33)34)20(5)27(30(40)44-18(2)3)28(26)22-9-13-24(14-10-22)38(41)42/h7-14,18,25,28,35H,6,15-17H2,1-5H3. The number of nitro groups is 1. The van der Waals surface area contributed by atoms with Gasteiger partial charge in [-0.25, -0.2) is 14.6 Å². The fraction of sp³-hybridized carbons (Fsp3) is 0.419. The Labute approximate surface area is 253 Å². The van der Waals surface area contributed by atoms with Crippen molar-refractivity contribution >= 4 is 17.6 Å². The van der Waals surface area contributed by atoms with Crippen molar-refractivity contribution in [3.63, 3.8) is 0 Å². The monoisotopic (exact) mass is 616 g/mol. The van der Waals surface area contributed by atoms with E-state index in [2.05, 4.69) is 5.32 Å². The van der Waals surface area contributed by atoms with Gasteiger partial charge in [0.05, 0.1) is 46.3 Å². The average molecular weight is 617 g/mol. The molecule has 0 aliphatic carbocycles. The second-order valence-electron chi connectivity index (χ2n) is 10.8. The number of nitrogens with one attached hydrogen (secondary N) is 1. The number of carbonyl (C=O) groups excluding carboxylic acids is 2. The molecule has 0 spiro atoms. The van der Waals surface area contributed by atoms with E-state index in [1.54, 1.807) is 39.6 Å². The molecule has 4 rings (SSSR count). The van der Waals surface area contributed by atoms with Gasteiger partial charge in [-0.2, -0.15) is 13.2 Å². The van der Waals surface area contributed by atoms with Gasteiger partial charge >= 0.3 is 18.1 Å². The summed E-state index contributed by atoms with van der Waals surface area (Å²) in [4.78, 5) is 38.2. The normalized spacial score (nSPS) is 19.8. The number of piperazine rings is 1. The van der Waals surface area contributed by atoms with E-state index >= 15 is 0 Å². The summed E-state index contributed by atoms with van der Waals surface area (Å²) in [5.74, 6) is -2.33. The van der Waals surface area contributed by atoms with Gasteiger partial charge in [0.2, 0.25) is 0 Å². The Kier molecular flexibility index (Phi) is 9.79. The van der Waals surface area contributed by atoms with Crippen molar-refractivity contribution in [3.8, 4) is 0 Å². The average Bonchev–Trinajstić information content (AvgIpc) is 2.96. The Balaban J connectivity index is 1.91. The molecule has 0 amide bonds. The van der Waals surface area contributed by atoms with E-state index < -0.39 is 46.7 Å². The van der Waals surface area contributed by atoms with Gasteiger partial charge < -0.3 is 14.8 Å². The molecular formula is C31H35F3N4O6. The number of hydrogen-bond acceptors (Lipinski definition) is 9. The van der Waals surface area contributed by atoms with Crippen molar-refractivity contribution in [1.82, 2.24) is 15.3 Å². The topological polar surface area (TPSA) is 114 Å². The molecule has 10 nitrogen and oxygen atoms in total. The van der Waals surface area contributed by atoms with E-state index in [0.717, 1.165) is 12.1 Å². The number of nitro benzene ring substituents is 1. The van der Waals surface area contributed by atoms with Gasteiger partial charge in [0, 0.05) is 43.2 Å². The number of alkyl halides is 3. The number of hydrogen-bond donors (Lipinski definition) is 1. The van der Waals surface area contributed by atoms with E-state index in [1.165, 1.54) is 36.4 Å².